The number of H-pyrrole nitrogens is 1. The summed E-state index contributed by atoms with van der Waals surface area (Å²) in [5, 5.41) is 23.9. The van der Waals surface area contributed by atoms with Crippen LogP contribution < -0.4 is 11.1 Å². The zero-order valence-electron chi connectivity index (χ0n) is 23.0. The minimum Gasteiger partial charge on any atom is -0.376 e. The molecule has 0 amide bonds. The van der Waals surface area contributed by atoms with E-state index in [4.69, 9.17) is 19.5 Å². The summed E-state index contributed by atoms with van der Waals surface area (Å²) in [6.45, 7) is 6.90. The summed E-state index contributed by atoms with van der Waals surface area (Å²) >= 11 is 0. The van der Waals surface area contributed by atoms with E-state index in [0.29, 0.717) is 41.4 Å². The van der Waals surface area contributed by atoms with Crippen LogP contribution >= 0.6 is 0 Å². The molecule has 0 aromatic carbocycles. The first kappa shape index (κ1) is 25.7. The highest BCUT2D eigenvalue weighted by molar-refractivity contribution is 5.86. The monoisotopic (exact) mass is 535 g/mol. The van der Waals surface area contributed by atoms with Crippen LogP contribution in [-0.4, -0.2) is 50.6 Å². The molecular weight excluding hydrogens is 498 g/mol. The number of aliphatic hydroxyl groups is 1. The van der Waals surface area contributed by atoms with Crippen molar-refractivity contribution in [1.82, 2.24) is 39.4 Å². The lowest BCUT2D eigenvalue weighted by Crippen LogP contribution is -2.32. The molecule has 0 aliphatic heterocycles. The molecule has 2 fully saturated rings. The molecule has 2 aliphatic carbocycles. The maximum Gasteiger partial charge on any atom is 0.439 e. The Bertz CT molecular complexity index is 1520. The van der Waals surface area contributed by atoms with E-state index in [1.165, 1.54) is 32.1 Å². The van der Waals surface area contributed by atoms with Gasteiger partial charge in [0, 0.05) is 25.8 Å². The third-order valence-corrected chi connectivity index (χ3v) is 8.70. The quantitative estimate of drug-likeness (QED) is 0.307. The topological polar surface area (TPSA) is 153 Å². The Morgan fingerprint density at radius 2 is 1.97 bits per heavy atom. The molecule has 3 N–H and O–H groups in total. The number of aryl methyl sites for hydroxylation is 1. The van der Waals surface area contributed by atoms with Crippen molar-refractivity contribution in [2.24, 2.45) is 24.8 Å². The number of fused-ring (bicyclic) bond motifs is 1. The Balaban J connectivity index is 1.53. The SMILES string of the molecule is C[C@@H](Nc1nc(-c2noc(=O)[nH]2)nc2nc(C(C)(O)c3ccn(C)n3)n(C[C@H]3CC[C@H](C)CC3)c12)C1CCC1. The summed E-state index contributed by atoms with van der Waals surface area (Å²) in [6.07, 6.45) is 10.00. The summed E-state index contributed by atoms with van der Waals surface area (Å²) in [5.41, 5.74) is 0.191. The van der Waals surface area contributed by atoms with E-state index in [1.807, 2.05) is 13.2 Å². The second-order valence-electron chi connectivity index (χ2n) is 11.8. The van der Waals surface area contributed by atoms with Gasteiger partial charge in [0.2, 0.25) is 11.6 Å². The lowest BCUT2D eigenvalue weighted by Gasteiger charge is -2.32. The molecule has 4 aromatic heterocycles. The molecule has 208 valence electrons. The number of aromatic amines is 1. The molecule has 39 heavy (non-hydrogen) atoms. The molecule has 0 radical (unpaired) electrons. The third kappa shape index (κ3) is 4.86. The number of imidazole rings is 1. The van der Waals surface area contributed by atoms with Gasteiger partial charge in [-0.1, -0.05) is 31.3 Å². The predicted molar refractivity (Wildman–Crippen MR) is 145 cm³/mol. The highest BCUT2D eigenvalue weighted by atomic mass is 16.5. The van der Waals surface area contributed by atoms with Gasteiger partial charge in [-0.05, 0) is 63.4 Å². The molecule has 4 heterocycles. The van der Waals surface area contributed by atoms with Crippen molar-refractivity contribution in [3.8, 4) is 11.6 Å². The third-order valence-electron chi connectivity index (χ3n) is 8.70. The Morgan fingerprint density at radius 1 is 1.21 bits per heavy atom. The van der Waals surface area contributed by atoms with E-state index < -0.39 is 11.4 Å². The number of aromatic nitrogens is 8. The van der Waals surface area contributed by atoms with E-state index >= 15 is 0 Å². The smallest absolute Gasteiger partial charge is 0.376 e. The van der Waals surface area contributed by atoms with Crippen molar-refractivity contribution in [2.45, 2.75) is 83.9 Å². The van der Waals surface area contributed by atoms with Crippen molar-refractivity contribution in [2.75, 3.05) is 5.32 Å². The van der Waals surface area contributed by atoms with Gasteiger partial charge in [-0.25, -0.2) is 19.7 Å². The van der Waals surface area contributed by atoms with Crippen LogP contribution in [0.2, 0.25) is 0 Å². The fourth-order valence-corrected chi connectivity index (χ4v) is 5.95. The van der Waals surface area contributed by atoms with Gasteiger partial charge in [0.15, 0.2) is 17.1 Å². The van der Waals surface area contributed by atoms with Crippen LogP contribution in [0, 0.1) is 17.8 Å². The summed E-state index contributed by atoms with van der Waals surface area (Å²) in [4.78, 5) is 28.7. The summed E-state index contributed by atoms with van der Waals surface area (Å²) in [6, 6.07) is 1.99. The average molecular weight is 536 g/mol. The number of nitrogens with one attached hydrogen (secondary N) is 2. The minimum absolute atomic E-state index is 0.134. The molecule has 2 atom stereocenters. The number of rotatable bonds is 8. The number of hydrogen-bond donors (Lipinski definition) is 3. The minimum atomic E-state index is -1.47. The van der Waals surface area contributed by atoms with Gasteiger partial charge in [-0.2, -0.15) is 5.10 Å². The molecule has 12 nitrogen and oxygen atoms in total. The lowest BCUT2D eigenvalue weighted by molar-refractivity contribution is 0.0814. The number of anilines is 1. The van der Waals surface area contributed by atoms with E-state index in [9.17, 15) is 9.90 Å². The standard InChI is InChI=1S/C27H37N9O3/c1-15-8-10-17(11-9-15)14-36-20-21(28-16(2)18-6-5-7-18)29-23(24-32-26(37)39-34-24)30-22(20)31-25(36)27(3,38)19-12-13-35(4)33-19/h12-13,15-18,38H,5-11,14H2,1-4H3,(H,28,29,30)(H,32,34,37)/t15-,16-,17-,27?/m1/s1. The molecule has 2 saturated carbocycles. The molecule has 0 bridgehead atoms. The zero-order valence-corrected chi connectivity index (χ0v) is 23.0. The van der Waals surface area contributed by atoms with Gasteiger partial charge in [-0.15, -0.1) is 0 Å². The molecular formula is C27H37N9O3. The van der Waals surface area contributed by atoms with Crippen LogP contribution in [0.25, 0.3) is 22.8 Å². The molecule has 6 rings (SSSR count). The van der Waals surface area contributed by atoms with Gasteiger partial charge in [0.25, 0.3) is 0 Å². The molecule has 2 aliphatic rings. The zero-order chi connectivity index (χ0) is 27.3. The number of nitrogens with zero attached hydrogens (tertiary/aromatic N) is 7. The molecule has 12 heteroatoms. The molecule has 0 spiro atoms. The molecule has 0 saturated heterocycles. The first-order valence-corrected chi connectivity index (χ1v) is 14.0. The normalized spacial score (nSPS) is 22.5. The Kier molecular flexibility index (Phi) is 6.52. The van der Waals surface area contributed by atoms with Crippen LogP contribution in [0.4, 0.5) is 5.82 Å². The second kappa shape index (κ2) is 9.89. The van der Waals surface area contributed by atoms with Gasteiger partial charge in [-0.3, -0.25) is 14.2 Å². The van der Waals surface area contributed by atoms with Gasteiger partial charge >= 0.3 is 5.76 Å². The molecule has 1 unspecified atom stereocenters. The average Bonchev–Trinajstić information content (AvgIpc) is 3.58. The lowest BCUT2D eigenvalue weighted by atomic mass is 9.80. The largest absolute Gasteiger partial charge is 0.439 e. The fraction of sp³-hybridized carbons (Fsp3) is 0.630. The molecule has 4 aromatic rings. The van der Waals surface area contributed by atoms with Gasteiger partial charge in [0.1, 0.15) is 17.0 Å². The van der Waals surface area contributed by atoms with Crippen molar-refractivity contribution >= 4 is 17.0 Å². The van der Waals surface area contributed by atoms with Crippen LogP contribution in [0.15, 0.2) is 21.6 Å². The first-order chi connectivity index (χ1) is 18.7. The van der Waals surface area contributed by atoms with Gasteiger partial charge in [0.05, 0.1) is 0 Å². The second-order valence-corrected chi connectivity index (χ2v) is 11.8. The van der Waals surface area contributed by atoms with E-state index in [2.05, 4.69) is 39.0 Å². The van der Waals surface area contributed by atoms with Crippen molar-refractivity contribution in [3.63, 3.8) is 0 Å². The maximum absolute atomic E-state index is 11.9. The number of hydrogen-bond acceptors (Lipinski definition) is 9. The highest BCUT2D eigenvalue weighted by Crippen LogP contribution is 2.37. The van der Waals surface area contributed by atoms with Crippen LogP contribution in [0.3, 0.4) is 0 Å². The highest BCUT2D eigenvalue weighted by Gasteiger charge is 2.37. The fourth-order valence-electron chi connectivity index (χ4n) is 5.95. The Labute approximate surface area is 226 Å². The summed E-state index contributed by atoms with van der Waals surface area (Å²) in [5.74, 6) is 2.46. The Hall–Kier alpha value is -3.54. The summed E-state index contributed by atoms with van der Waals surface area (Å²) < 4.78 is 8.50. The van der Waals surface area contributed by atoms with Crippen LogP contribution in [0.5, 0.6) is 0 Å². The van der Waals surface area contributed by atoms with Crippen LogP contribution in [0.1, 0.15) is 77.2 Å². The van der Waals surface area contributed by atoms with E-state index in [1.54, 1.807) is 17.7 Å². The van der Waals surface area contributed by atoms with Crippen LogP contribution in [-0.2, 0) is 19.2 Å². The Morgan fingerprint density at radius 3 is 2.59 bits per heavy atom. The van der Waals surface area contributed by atoms with Crippen molar-refractivity contribution in [3.05, 3.63) is 34.3 Å². The predicted octanol–water partition coefficient (Wildman–Crippen LogP) is 3.59. The van der Waals surface area contributed by atoms with E-state index in [0.717, 1.165) is 24.3 Å². The first-order valence-electron chi connectivity index (χ1n) is 14.0. The van der Waals surface area contributed by atoms with Crippen molar-refractivity contribution < 1.29 is 9.63 Å². The summed E-state index contributed by atoms with van der Waals surface area (Å²) in [7, 11) is 1.83. The maximum atomic E-state index is 11.9. The van der Waals surface area contributed by atoms with Gasteiger partial charge < -0.3 is 15.0 Å². The van der Waals surface area contributed by atoms with Crippen molar-refractivity contribution in [1.29, 1.82) is 0 Å². The van der Waals surface area contributed by atoms with E-state index in [-0.39, 0.29) is 17.7 Å².